The summed E-state index contributed by atoms with van der Waals surface area (Å²) in [5.74, 6) is 0.659. The van der Waals surface area contributed by atoms with Gasteiger partial charge in [-0.25, -0.2) is 4.79 Å². The van der Waals surface area contributed by atoms with Crippen LogP contribution in [0.5, 0.6) is 5.75 Å². The predicted octanol–water partition coefficient (Wildman–Crippen LogP) is 5.84. The van der Waals surface area contributed by atoms with Crippen LogP contribution >= 0.6 is 0 Å². The standard InChI is InChI=1S/C33H35NO5/c1-21-10-11-23-7-3-4-9-27(23)29(21)20-38-25-12-13-26-22(2)28(32(36)39-30(26)17-25)18-31(35)34-16-15-33(37)14-6-5-8-24(33)19-34/h3-4,7,9-13,17,24,37H,5-6,8,14-16,18-20H2,1-2H3/t24-,33+/m0/s1. The van der Waals surface area contributed by atoms with Crippen molar-refractivity contribution in [3.05, 3.63) is 87.3 Å². The molecule has 1 aliphatic carbocycles. The number of amides is 1. The lowest BCUT2D eigenvalue weighted by Crippen LogP contribution is -2.55. The van der Waals surface area contributed by atoms with Crippen LogP contribution in [-0.2, 0) is 17.8 Å². The van der Waals surface area contributed by atoms with Gasteiger partial charge in [-0.05, 0) is 67.1 Å². The number of hydrogen-bond donors (Lipinski definition) is 1. The third kappa shape index (κ3) is 4.82. The summed E-state index contributed by atoms with van der Waals surface area (Å²) >= 11 is 0. The third-order valence-corrected chi connectivity index (χ3v) is 9.03. The van der Waals surface area contributed by atoms with Gasteiger partial charge in [0, 0.05) is 36.0 Å². The lowest BCUT2D eigenvalue weighted by atomic mass is 9.71. The Kier molecular flexibility index (Phi) is 6.67. The van der Waals surface area contributed by atoms with E-state index in [0.717, 1.165) is 53.1 Å². The number of aryl methyl sites for hydroxylation is 2. The first kappa shape index (κ1) is 25.6. The van der Waals surface area contributed by atoms with Gasteiger partial charge in [-0.2, -0.15) is 0 Å². The molecule has 0 unspecified atom stereocenters. The molecule has 1 saturated carbocycles. The number of ether oxygens (including phenoxy) is 1. The van der Waals surface area contributed by atoms with Crippen molar-refractivity contribution in [2.75, 3.05) is 13.1 Å². The van der Waals surface area contributed by atoms with Crippen molar-refractivity contribution in [1.82, 2.24) is 4.90 Å². The van der Waals surface area contributed by atoms with E-state index >= 15 is 0 Å². The van der Waals surface area contributed by atoms with Gasteiger partial charge in [0.05, 0.1) is 17.6 Å². The minimum absolute atomic E-state index is 0.00780. The van der Waals surface area contributed by atoms with Gasteiger partial charge in [-0.3, -0.25) is 4.79 Å². The summed E-state index contributed by atoms with van der Waals surface area (Å²) in [5.41, 5.74) is 2.78. The molecule has 1 aromatic heterocycles. The minimum Gasteiger partial charge on any atom is -0.489 e. The van der Waals surface area contributed by atoms with Crippen molar-refractivity contribution < 1.29 is 19.1 Å². The number of aliphatic hydroxyl groups is 1. The zero-order chi connectivity index (χ0) is 27.1. The number of carbonyl (C=O) groups excluding carboxylic acids is 1. The van der Waals surface area contributed by atoms with Crippen LogP contribution in [0.4, 0.5) is 0 Å². The van der Waals surface area contributed by atoms with E-state index in [1.807, 2.05) is 36.1 Å². The highest BCUT2D eigenvalue weighted by Crippen LogP contribution is 2.40. The van der Waals surface area contributed by atoms with Crippen LogP contribution in [0.15, 0.2) is 63.8 Å². The van der Waals surface area contributed by atoms with Gasteiger partial charge in [0.2, 0.25) is 5.91 Å². The second-order valence-electron chi connectivity index (χ2n) is 11.3. The van der Waals surface area contributed by atoms with Crippen molar-refractivity contribution in [2.45, 2.75) is 64.6 Å². The number of piperidine rings is 1. The molecule has 0 radical (unpaired) electrons. The molecule has 6 heteroatoms. The van der Waals surface area contributed by atoms with Crippen LogP contribution in [0, 0.1) is 19.8 Å². The van der Waals surface area contributed by atoms with E-state index in [4.69, 9.17) is 9.15 Å². The van der Waals surface area contributed by atoms with Crippen molar-refractivity contribution in [1.29, 1.82) is 0 Å². The fourth-order valence-electron chi connectivity index (χ4n) is 6.52. The third-order valence-electron chi connectivity index (χ3n) is 9.03. The Balaban J connectivity index is 1.20. The van der Waals surface area contributed by atoms with Crippen molar-refractivity contribution >= 4 is 27.6 Å². The summed E-state index contributed by atoms with van der Waals surface area (Å²) in [5, 5.41) is 14.1. The lowest BCUT2D eigenvalue weighted by Gasteiger charge is -2.47. The number of benzene rings is 3. The van der Waals surface area contributed by atoms with E-state index in [1.54, 1.807) is 6.07 Å². The van der Waals surface area contributed by atoms with Gasteiger partial charge >= 0.3 is 5.63 Å². The average molecular weight is 526 g/mol. The maximum absolute atomic E-state index is 13.2. The van der Waals surface area contributed by atoms with Gasteiger partial charge in [0.25, 0.3) is 0 Å². The van der Waals surface area contributed by atoms with E-state index in [0.29, 0.717) is 43.0 Å². The van der Waals surface area contributed by atoms with E-state index in [2.05, 4.69) is 31.2 Å². The predicted molar refractivity (Wildman–Crippen MR) is 152 cm³/mol. The Morgan fingerprint density at radius 3 is 2.77 bits per heavy atom. The fourth-order valence-corrected chi connectivity index (χ4v) is 6.52. The molecule has 1 amide bonds. The van der Waals surface area contributed by atoms with Crippen LogP contribution in [0.2, 0.25) is 0 Å². The molecule has 2 heterocycles. The molecule has 0 spiro atoms. The number of carbonyl (C=O) groups is 1. The molecular formula is C33H35NO5. The summed E-state index contributed by atoms with van der Waals surface area (Å²) in [7, 11) is 0. The molecule has 6 rings (SSSR count). The van der Waals surface area contributed by atoms with Gasteiger partial charge in [0.1, 0.15) is 17.9 Å². The SMILES string of the molecule is Cc1ccc2ccccc2c1COc1ccc2c(C)c(CC(=O)N3CC[C@]4(O)CCCC[C@H]4C3)c(=O)oc2c1. The zero-order valence-electron chi connectivity index (χ0n) is 22.7. The van der Waals surface area contributed by atoms with E-state index in [1.165, 1.54) is 5.39 Å². The van der Waals surface area contributed by atoms with Gasteiger partial charge in [0.15, 0.2) is 0 Å². The van der Waals surface area contributed by atoms with Gasteiger partial charge < -0.3 is 19.2 Å². The second-order valence-corrected chi connectivity index (χ2v) is 11.3. The minimum atomic E-state index is -0.640. The molecule has 202 valence electrons. The van der Waals surface area contributed by atoms with E-state index < -0.39 is 11.2 Å². The molecule has 3 aromatic carbocycles. The smallest absolute Gasteiger partial charge is 0.340 e. The molecule has 1 N–H and O–H groups in total. The van der Waals surface area contributed by atoms with Crippen molar-refractivity contribution in [3.8, 4) is 5.75 Å². The van der Waals surface area contributed by atoms with E-state index in [-0.39, 0.29) is 18.2 Å². The molecular weight excluding hydrogens is 490 g/mol. The molecule has 1 aliphatic heterocycles. The first-order valence-electron chi connectivity index (χ1n) is 14.0. The summed E-state index contributed by atoms with van der Waals surface area (Å²) in [6.07, 6.45) is 4.52. The Bertz CT molecular complexity index is 1620. The number of rotatable bonds is 5. The molecule has 0 bridgehead atoms. The Labute approximate surface area is 228 Å². The summed E-state index contributed by atoms with van der Waals surface area (Å²) < 4.78 is 11.9. The van der Waals surface area contributed by atoms with E-state index in [9.17, 15) is 14.7 Å². The monoisotopic (exact) mass is 525 g/mol. The highest BCUT2D eigenvalue weighted by Gasteiger charge is 2.43. The van der Waals surface area contributed by atoms with Gasteiger partial charge in [-0.15, -0.1) is 0 Å². The molecule has 2 fully saturated rings. The second kappa shape index (κ2) is 10.2. The molecule has 39 heavy (non-hydrogen) atoms. The fraction of sp³-hybridized carbons (Fsp3) is 0.394. The lowest BCUT2D eigenvalue weighted by molar-refractivity contribution is -0.142. The normalized spacial score (nSPS) is 21.2. The largest absolute Gasteiger partial charge is 0.489 e. The molecule has 2 aliphatic rings. The Morgan fingerprint density at radius 1 is 1.05 bits per heavy atom. The van der Waals surface area contributed by atoms with Crippen molar-refractivity contribution in [3.63, 3.8) is 0 Å². The number of fused-ring (bicyclic) bond motifs is 3. The van der Waals surface area contributed by atoms with Crippen LogP contribution in [-0.4, -0.2) is 34.6 Å². The summed E-state index contributed by atoms with van der Waals surface area (Å²) in [6, 6.07) is 18.0. The number of nitrogens with zero attached hydrogens (tertiary/aromatic N) is 1. The molecule has 2 atom stereocenters. The van der Waals surface area contributed by atoms with Crippen LogP contribution in [0.3, 0.4) is 0 Å². The number of likely N-dealkylation sites (tertiary alicyclic amines) is 1. The first-order valence-corrected chi connectivity index (χ1v) is 14.0. The number of hydrogen-bond acceptors (Lipinski definition) is 5. The first-order chi connectivity index (χ1) is 18.8. The quantitative estimate of drug-likeness (QED) is 0.331. The molecule has 4 aromatic rings. The maximum atomic E-state index is 13.2. The van der Waals surface area contributed by atoms with Crippen LogP contribution in [0.25, 0.3) is 21.7 Å². The van der Waals surface area contributed by atoms with Crippen LogP contribution in [0.1, 0.15) is 54.4 Å². The Morgan fingerprint density at radius 2 is 1.90 bits per heavy atom. The van der Waals surface area contributed by atoms with Crippen molar-refractivity contribution in [2.24, 2.45) is 5.92 Å². The van der Waals surface area contributed by atoms with Gasteiger partial charge in [-0.1, -0.05) is 49.2 Å². The highest BCUT2D eigenvalue weighted by molar-refractivity contribution is 5.87. The average Bonchev–Trinajstić information content (AvgIpc) is 2.94. The topological polar surface area (TPSA) is 80.0 Å². The highest BCUT2D eigenvalue weighted by atomic mass is 16.5. The maximum Gasteiger partial charge on any atom is 0.340 e. The summed E-state index contributed by atoms with van der Waals surface area (Å²) in [6.45, 7) is 5.44. The van der Waals surface area contributed by atoms with Crippen LogP contribution < -0.4 is 10.4 Å². The zero-order valence-corrected chi connectivity index (χ0v) is 22.7. The molecule has 6 nitrogen and oxygen atoms in total. The Hall–Kier alpha value is -3.64. The molecule has 1 saturated heterocycles. The summed E-state index contributed by atoms with van der Waals surface area (Å²) in [4.78, 5) is 28.1.